The molecule has 0 bridgehead atoms. The van der Waals surface area contributed by atoms with E-state index in [4.69, 9.17) is 12.2 Å². The minimum Gasteiger partial charge on any atom is -0.268 e. The molecule has 1 aromatic carbocycles. The molecule has 3 aromatic rings. The van der Waals surface area contributed by atoms with Gasteiger partial charge in [-0.2, -0.15) is 5.10 Å². The van der Waals surface area contributed by atoms with Gasteiger partial charge in [0.05, 0.1) is 5.69 Å². The van der Waals surface area contributed by atoms with Gasteiger partial charge in [-0.05, 0) is 55.4 Å². The highest BCUT2D eigenvalue weighted by atomic mass is 32.1. The van der Waals surface area contributed by atoms with Crippen LogP contribution in [0.15, 0.2) is 42.7 Å². The topological polar surface area (TPSA) is 46.5 Å². The Labute approximate surface area is 122 Å². The Bertz CT molecular complexity index is 802. The Balaban J connectivity index is 2.28. The van der Waals surface area contributed by atoms with Gasteiger partial charge < -0.3 is 0 Å². The average molecular weight is 282 g/mol. The van der Waals surface area contributed by atoms with Crippen molar-refractivity contribution in [2.75, 3.05) is 0 Å². The van der Waals surface area contributed by atoms with Crippen LogP contribution in [0.1, 0.15) is 11.1 Å². The summed E-state index contributed by atoms with van der Waals surface area (Å²) in [6.07, 6.45) is 3.53. The highest BCUT2D eigenvalue weighted by molar-refractivity contribution is 7.71. The minimum absolute atomic E-state index is 0.581. The van der Waals surface area contributed by atoms with Gasteiger partial charge in [0.15, 0.2) is 10.6 Å². The zero-order chi connectivity index (χ0) is 14.1. The maximum absolute atomic E-state index is 5.38. The molecule has 100 valence electrons. The fourth-order valence-corrected chi connectivity index (χ4v) is 2.42. The lowest BCUT2D eigenvalue weighted by molar-refractivity contribution is 1.01. The van der Waals surface area contributed by atoms with Crippen molar-refractivity contribution in [2.24, 2.45) is 0 Å². The van der Waals surface area contributed by atoms with Crippen molar-refractivity contribution in [1.29, 1.82) is 0 Å². The lowest BCUT2D eigenvalue weighted by atomic mass is 10.1. The Hall–Kier alpha value is -2.27. The number of H-pyrrole nitrogens is 1. The molecule has 20 heavy (non-hydrogen) atoms. The largest absolute Gasteiger partial charge is 0.268 e. The number of aromatic nitrogens is 4. The zero-order valence-corrected chi connectivity index (χ0v) is 12.1. The van der Waals surface area contributed by atoms with E-state index in [0.29, 0.717) is 4.77 Å². The van der Waals surface area contributed by atoms with Gasteiger partial charge in [0.1, 0.15) is 0 Å². The van der Waals surface area contributed by atoms with Crippen molar-refractivity contribution in [3.05, 3.63) is 58.6 Å². The van der Waals surface area contributed by atoms with Gasteiger partial charge in [0.25, 0.3) is 0 Å². The molecular formula is C15H14N4S. The first-order valence-corrected chi connectivity index (χ1v) is 6.73. The van der Waals surface area contributed by atoms with E-state index < -0.39 is 0 Å². The molecule has 0 radical (unpaired) electrons. The first kappa shape index (κ1) is 12.7. The summed E-state index contributed by atoms with van der Waals surface area (Å²) in [5.41, 5.74) is 4.39. The van der Waals surface area contributed by atoms with Crippen LogP contribution in [0, 0.1) is 18.6 Å². The van der Waals surface area contributed by atoms with E-state index in [1.54, 1.807) is 12.4 Å². The van der Waals surface area contributed by atoms with Crippen molar-refractivity contribution >= 4 is 12.2 Å². The second-order valence-electron chi connectivity index (χ2n) is 4.65. The van der Waals surface area contributed by atoms with Crippen molar-refractivity contribution in [1.82, 2.24) is 19.7 Å². The van der Waals surface area contributed by atoms with Crippen LogP contribution in [0.4, 0.5) is 0 Å². The summed E-state index contributed by atoms with van der Waals surface area (Å²) >= 11 is 5.38. The van der Waals surface area contributed by atoms with Gasteiger partial charge in [-0.3, -0.25) is 14.6 Å². The van der Waals surface area contributed by atoms with E-state index in [1.165, 1.54) is 11.1 Å². The van der Waals surface area contributed by atoms with Gasteiger partial charge in [0.2, 0.25) is 0 Å². The number of pyridine rings is 1. The Morgan fingerprint density at radius 2 is 2.00 bits per heavy atom. The highest BCUT2D eigenvalue weighted by Gasteiger charge is 2.13. The molecule has 0 aliphatic heterocycles. The third-order valence-electron chi connectivity index (χ3n) is 3.41. The highest BCUT2D eigenvalue weighted by Crippen LogP contribution is 2.24. The molecule has 0 amide bonds. The molecule has 2 heterocycles. The smallest absolute Gasteiger partial charge is 0.200 e. The predicted octanol–water partition coefficient (Wildman–Crippen LogP) is 3.61. The molecule has 0 aliphatic carbocycles. The number of nitrogens with one attached hydrogen (secondary N) is 1. The van der Waals surface area contributed by atoms with Crippen LogP contribution in [-0.4, -0.2) is 19.7 Å². The maximum atomic E-state index is 5.38. The molecule has 0 atom stereocenters. The SMILES string of the molecule is Cc1cccc(-n2c(-c3cccnc3)n[nH]c2=S)c1C. The molecule has 4 nitrogen and oxygen atoms in total. The number of aryl methyl sites for hydroxylation is 1. The van der Waals surface area contributed by atoms with Crippen LogP contribution in [0.2, 0.25) is 0 Å². The summed E-state index contributed by atoms with van der Waals surface area (Å²) in [6, 6.07) is 10.0. The van der Waals surface area contributed by atoms with E-state index in [2.05, 4.69) is 35.1 Å². The molecule has 2 aromatic heterocycles. The van der Waals surface area contributed by atoms with Gasteiger partial charge >= 0.3 is 0 Å². The van der Waals surface area contributed by atoms with Crippen molar-refractivity contribution < 1.29 is 0 Å². The van der Waals surface area contributed by atoms with Gasteiger partial charge in [-0.25, -0.2) is 0 Å². The Kier molecular flexibility index (Phi) is 3.20. The van der Waals surface area contributed by atoms with Crippen LogP contribution in [0.5, 0.6) is 0 Å². The normalized spacial score (nSPS) is 10.7. The molecule has 0 spiro atoms. The van der Waals surface area contributed by atoms with Crippen molar-refractivity contribution in [2.45, 2.75) is 13.8 Å². The number of benzene rings is 1. The van der Waals surface area contributed by atoms with Crippen LogP contribution in [0.25, 0.3) is 17.1 Å². The summed E-state index contributed by atoms with van der Waals surface area (Å²) < 4.78 is 2.53. The van der Waals surface area contributed by atoms with E-state index in [-0.39, 0.29) is 0 Å². The molecule has 3 rings (SSSR count). The molecule has 0 saturated heterocycles. The fourth-order valence-electron chi connectivity index (χ4n) is 2.19. The summed E-state index contributed by atoms with van der Waals surface area (Å²) in [7, 11) is 0. The number of nitrogens with zero attached hydrogens (tertiary/aromatic N) is 3. The number of hydrogen-bond donors (Lipinski definition) is 1. The first-order chi connectivity index (χ1) is 9.68. The quantitative estimate of drug-likeness (QED) is 0.730. The predicted molar refractivity (Wildman–Crippen MR) is 81.5 cm³/mol. The van der Waals surface area contributed by atoms with Crippen molar-refractivity contribution in [3.8, 4) is 17.1 Å². The van der Waals surface area contributed by atoms with Crippen LogP contribution < -0.4 is 0 Å². The minimum atomic E-state index is 0.581. The van der Waals surface area contributed by atoms with E-state index in [1.807, 2.05) is 28.8 Å². The van der Waals surface area contributed by atoms with Gasteiger partial charge in [-0.1, -0.05) is 12.1 Å². The van der Waals surface area contributed by atoms with E-state index >= 15 is 0 Å². The van der Waals surface area contributed by atoms with E-state index in [0.717, 1.165) is 17.1 Å². The molecule has 5 heteroatoms. The first-order valence-electron chi connectivity index (χ1n) is 6.33. The second kappa shape index (κ2) is 5.02. The van der Waals surface area contributed by atoms with E-state index in [9.17, 15) is 0 Å². The monoisotopic (exact) mass is 282 g/mol. The van der Waals surface area contributed by atoms with Crippen LogP contribution in [0.3, 0.4) is 0 Å². The average Bonchev–Trinajstić information content (AvgIpc) is 2.85. The molecule has 0 aliphatic rings. The maximum Gasteiger partial charge on any atom is 0.200 e. The van der Waals surface area contributed by atoms with Gasteiger partial charge in [0, 0.05) is 18.0 Å². The molecule has 1 N–H and O–H groups in total. The summed E-state index contributed by atoms with van der Waals surface area (Å²) in [6.45, 7) is 4.18. The van der Waals surface area contributed by atoms with Crippen LogP contribution >= 0.6 is 12.2 Å². The lowest BCUT2D eigenvalue weighted by Gasteiger charge is -2.11. The fraction of sp³-hybridized carbons (Fsp3) is 0.133. The molecular weight excluding hydrogens is 268 g/mol. The lowest BCUT2D eigenvalue weighted by Crippen LogP contribution is -2.01. The number of rotatable bonds is 2. The summed E-state index contributed by atoms with van der Waals surface area (Å²) in [5.74, 6) is 0.775. The third-order valence-corrected chi connectivity index (χ3v) is 3.68. The Morgan fingerprint density at radius 3 is 2.75 bits per heavy atom. The molecule has 0 saturated carbocycles. The van der Waals surface area contributed by atoms with Gasteiger partial charge in [-0.15, -0.1) is 0 Å². The van der Waals surface area contributed by atoms with Crippen molar-refractivity contribution in [3.63, 3.8) is 0 Å². The zero-order valence-electron chi connectivity index (χ0n) is 11.3. The summed E-state index contributed by atoms with van der Waals surface area (Å²) in [4.78, 5) is 4.14. The molecule has 0 fully saturated rings. The third kappa shape index (κ3) is 2.06. The van der Waals surface area contributed by atoms with Crippen LogP contribution in [-0.2, 0) is 0 Å². The summed E-state index contributed by atoms with van der Waals surface area (Å²) in [5, 5.41) is 7.21. The standard InChI is InChI=1S/C15H14N4S/c1-10-5-3-7-13(11(10)2)19-14(17-18-15(19)20)12-6-4-8-16-9-12/h3-9H,1-2H3,(H,18,20). The number of aromatic amines is 1. The number of hydrogen-bond acceptors (Lipinski definition) is 3. The molecule has 0 unspecified atom stereocenters. The second-order valence-corrected chi connectivity index (χ2v) is 5.04. The Morgan fingerprint density at radius 1 is 1.15 bits per heavy atom.